The Labute approximate surface area is 136 Å². The van der Waals surface area contributed by atoms with Crippen LogP contribution in [0.25, 0.3) is 11.0 Å². The molecule has 7 heteroatoms. The summed E-state index contributed by atoms with van der Waals surface area (Å²) in [6.07, 6.45) is 1.07. The van der Waals surface area contributed by atoms with Crippen molar-refractivity contribution >= 4 is 22.6 Å². The Balaban J connectivity index is 2.00. The zero-order valence-electron chi connectivity index (χ0n) is 12.8. The average molecular weight is 322 g/mol. The predicted molar refractivity (Wildman–Crippen MR) is 88.1 cm³/mol. The molecule has 3 aromatic rings. The molecule has 0 aliphatic carbocycles. The SMILES string of the molecule is CN1C(=O)c2c(c3cccnc3n(O)c2=O)NC1c1ccccc1. The van der Waals surface area contributed by atoms with Crippen LogP contribution in [0.4, 0.5) is 5.69 Å². The summed E-state index contributed by atoms with van der Waals surface area (Å²) in [6.45, 7) is 0. The number of fused-ring (bicyclic) bond motifs is 3. The van der Waals surface area contributed by atoms with Crippen molar-refractivity contribution in [2.75, 3.05) is 12.4 Å². The molecule has 4 rings (SSSR count). The molecule has 2 N–H and O–H groups in total. The summed E-state index contributed by atoms with van der Waals surface area (Å²) in [5.41, 5.74) is 0.521. The Bertz CT molecular complexity index is 1010. The quantitative estimate of drug-likeness (QED) is 0.667. The highest BCUT2D eigenvalue weighted by molar-refractivity contribution is 6.08. The van der Waals surface area contributed by atoms with Gasteiger partial charge in [0.15, 0.2) is 5.65 Å². The van der Waals surface area contributed by atoms with E-state index in [-0.39, 0.29) is 11.2 Å². The van der Waals surface area contributed by atoms with E-state index in [1.807, 2.05) is 30.3 Å². The summed E-state index contributed by atoms with van der Waals surface area (Å²) >= 11 is 0. The summed E-state index contributed by atoms with van der Waals surface area (Å²) in [7, 11) is 1.62. The van der Waals surface area contributed by atoms with Gasteiger partial charge in [0.05, 0.1) is 5.69 Å². The van der Waals surface area contributed by atoms with E-state index < -0.39 is 17.6 Å². The molecule has 0 radical (unpaired) electrons. The fourth-order valence-corrected chi connectivity index (χ4v) is 3.02. The molecule has 3 heterocycles. The zero-order chi connectivity index (χ0) is 16.8. The lowest BCUT2D eigenvalue weighted by Crippen LogP contribution is -2.44. The number of carbonyl (C=O) groups excluding carboxylic acids is 1. The Morgan fingerprint density at radius 1 is 1.12 bits per heavy atom. The van der Waals surface area contributed by atoms with Crippen LogP contribution in [0.5, 0.6) is 0 Å². The average Bonchev–Trinajstić information content (AvgIpc) is 2.62. The number of amides is 1. The molecule has 1 atom stereocenters. The predicted octanol–water partition coefficient (Wildman–Crippen LogP) is 1.83. The lowest BCUT2D eigenvalue weighted by Gasteiger charge is -2.35. The van der Waals surface area contributed by atoms with Crippen LogP contribution in [-0.2, 0) is 0 Å². The minimum absolute atomic E-state index is 0.0901. The molecule has 0 spiro atoms. The van der Waals surface area contributed by atoms with Crippen LogP contribution < -0.4 is 10.9 Å². The van der Waals surface area contributed by atoms with E-state index in [4.69, 9.17) is 0 Å². The van der Waals surface area contributed by atoms with E-state index >= 15 is 0 Å². The minimum atomic E-state index is -0.785. The lowest BCUT2D eigenvalue weighted by molar-refractivity contribution is 0.0727. The summed E-state index contributed by atoms with van der Waals surface area (Å²) in [6, 6.07) is 12.9. The van der Waals surface area contributed by atoms with Gasteiger partial charge in [0, 0.05) is 18.6 Å². The van der Waals surface area contributed by atoms with Gasteiger partial charge in [-0.05, 0) is 17.7 Å². The number of carbonyl (C=O) groups is 1. The van der Waals surface area contributed by atoms with Gasteiger partial charge in [-0.1, -0.05) is 30.3 Å². The number of anilines is 1. The van der Waals surface area contributed by atoms with Crippen molar-refractivity contribution in [3.05, 3.63) is 70.1 Å². The summed E-state index contributed by atoms with van der Waals surface area (Å²) < 4.78 is 0.421. The number of rotatable bonds is 1. The van der Waals surface area contributed by atoms with Gasteiger partial charge >= 0.3 is 0 Å². The summed E-state index contributed by atoms with van der Waals surface area (Å²) in [4.78, 5) is 30.7. The number of hydrogen-bond donors (Lipinski definition) is 2. The van der Waals surface area contributed by atoms with Gasteiger partial charge < -0.3 is 15.4 Å². The third kappa shape index (κ3) is 1.88. The van der Waals surface area contributed by atoms with E-state index in [0.717, 1.165) is 5.56 Å². The highest BCUT2D eigenvalue weighted by Gasteiger charge is 2.35. The van der Waals surface area contributed by atoms with Gasteiger partial charge in [0.25, 0.3) is 11.5 Å². The Hall–Kier alpha value is -3.35. The first-order valence-corrected chi connectivity index (χ1v) is 7.41. The summed E-state index contributed by atoms with van der Waals surface area (Å²) in [5, 5.41) is 13.8. The van der Waals surface area contributed by atoms with Crippen LogP contribution in [0.2, 0.25) is 0 Å². The van der Waals surface area contributed by atoms with Gasteiger partial charge in [-0.2, -0.15) is 0 Å². The van der Waals surface area contributed by atoms with Crippen LogP contribution in [0, 0.1) is 0 Å². The smallest absolute Gasteiger partial charge is 0.299 e. The van der Waals surface area contributed by atoms with Crippen LogP contribution in [-0.4, -0.2) is 32.8 Å². The molecule has 1 unspecified atom stereocenters. The molecule has 1 aliphatic rings. The Morgan fingerprint density at radius 2 is 1.88 bits per heavy atom. The van der Waals surface area contributed by atoms with Crippen molar-refractivity contribution in [3.8, 4) is 0 Å². The third-order valence-electron chi connectivity index (χ3n) is 4.23. The van der Waals surface area contributed by atoms with Crippen LogP contribution >= 0.6 is 0 Å². The topological polar surface area (TPSA) is 87.5 Å². The normalized spacial score (nSPS) is 16.8. The maximum Gasteiger partial charge on any atom is 0.299 e. The van der Waals surface area contributed by atoms with Gasteiger partial charge in [-0.25, -0.2) is 4.98 Å². The van der Waals surface area contributed by atoms with Crippen molar-refractivity contribution in [2.24, 2.45) is 0 Å². The number of nitrogens with zero attached hydrogens (tertiary/aromatic N) is 3. The molecule has 2 aromatic heterocycles. The highest BCUT2D eigenvalue weighted by Crippen LogP contribution is 2.34. The van der Waals surface area contributed by atoms with E-state index in [0.29, 0.717) is 15.8 Å². The van der Waals surface area contributed by atoms with E-state index in [1.165, 1.54) is 11.1 Å². The molecule has 0 saturated heterocycles. The van der Waals surface area contributed by atoms with Crippen molar-refractivity contribution in [1.82, 2.24) is 14.6 Å². The monoisotopic (exact) mass is 322 g/mol. The van der Waals surface area contributed by atoms with Crippen LogP contribution in [0.1, 0.15) is 22.1 Å². The third-order valence-corrected chi connectivity index (χ3v) is 4.23. The number of hydrogen-bond acceptors (Lipinski definition) is 5. The largest absolute Gasteiger partial charge is 0.423 e. The number of benzene rings is 1. The van der Waals surface area contributed by atoms with Crippen molar-refractivity contribution < 1.29 is 10.0 Å². The first-order valence-electron chi connectivity index (χ1n) is 7.41. The molecule has 24 heavy (non-hydrogen) atoms. The molecule has 1 amide bonds. The summed E-state index contributed by atoms with van der Waals surface area (Å²) in [5.74, 6) is -0.448. The number of aromatic nitrogens is 2. The fourth-order valence-electron chi connectivity index (χ4n) is 3.02. The second kappa shape index (κ2) is 5.09. The van der Waals surface area contributed by atoms with E-state index in [9.17, 15) is 14.8 Å². The molecule has 7 nitrogen and oxygen atoms in total. The maximum absolute atomic E-state index is 12.8. The zero-order valence-corrected chi connectivity index (χ0v) is 12.8. The van der Waals surface area contributed by atoms with Gasteiger partial charge in [-0.3, -0.25) is 9.59 Å². The van der Waals surface area contributed by atoms with E-state index in [2.05, 4.69) is 10.3 Å². The molecule has 1 aromatic carbocycles. The van der Waals surface area contributed by atoms with Crippen molar-refractivity contribution in [1.29, 1.82) is 0 Å². The van der Waals surface area contributed by atoms with E-state index in [1.54, 1.807) is 19.2 Å². The molecule has 1 aliphatic heterocycles. The first-order chi connectivity index (χ1) is 11.6. The van der Waals surface area contributed by atoms with Crippen molar-refractivity contribution in [2.45, 2.75) is 6.17 Å². The second-order valence-electron chi connectivity index (χ2n) is 5.62. The molecule has 0 fully saturated rings. The maximum atomic E-state index is 12.8. The molecule has 0 bridgehead atoms. The molecular formula is C17H14N4O3. The highest BCUT2D eigenvalue weighted by atomic mass is 16.5. The van der Waals surface area contributed by atoms with Crippen molar-refractivity contribution in [3.63, 3.8) is 0 Å². The molecule has 120 valence electrons. The van der Waals surface area contributed by atoms with Crippen LogP contribution in [0.15, 0.2) is 53.5 Å². The Morgan fingerprint density at radius 3 is 2.62 bits per heavy atom. The van der Waals surface area contributed by atoms with Gasteiger partial charge in [0.1, 0.15) is 11.7 Å². The minimum Gasteiger partial charge on any atom is -0.423 e. The Kier molecular flexibility index (Phi) is 3.02. The number of nitrogens with one attached hydrogen (secondary N) is 1. The first kappa shape index (κ1) is 14.3. The van der Waals surface area contributed by atoms with Crippen LogP contribution in [0.3, 0.4) is 0 Å². The molecular weight excluding hydrogens is 308 g/mol. The van der Waals surface area contributed by atoms with Gasteiger partial charge in [-0.15, -0.1) is 4.73 Å². The molecule has 0 saturated carbocycles. The number of pyridine rings is 2. The van der Waals surface area contributed by atoms with Gasteiger partial charge in [0.2, 0.25) is 0 Å². The standard InChI is InChI=1S/C17H14N4O3/c1-20-14(10-6-3-2-4-7-10)19-13-11-8-5-9-18-15(11)21(24)17(23)12(13)16(20)22/h2-9,14,19,24H,1H3. The lowest BCUT2D eigenvalue weighted by atomic mass is 10.0. The second-order valence-corrected chi connectivity index (χ2v) is 5.62. The fraction of sp³-hybridized carbons (Fsp3) is 0.118.